The van der Waals surface area contributed by atoms with Crippen LogP contribution in [0.2, 0.25) is 0 Å². The molecule has 0 bridgehead atoms. The zero-order chi connectivity index (χ0) is 13.4. The van der Waals surface area contributed by atoms with Crippen molar-refractivity contribution in [2.45, 2.75) is 52.7 Å². The molecule has 0 saturated heterocycles. The molecule has 102 valence electrons. The van der Waals surface area contributed by atoms with Crippen LogP contribution in [0.4, 0.5) is 0 Å². The van der Waals surface area contributed by atoms with Gasteiger partial charge in [-0.05, 0) is 51.3 Å². The predicted octanol–water partition coefficient (Wildman–Crippen LogP) is 3.33. The summed E-state index contributed by atoms with van der Waals surface area (Å²) in [5, 5.41) is 3.55. The highest BCUT2D eigenvalue weighted by molar-refractivity contribution is 5.26. The van der Waals surface area contributed by atoms with Gasteiger partial charge in [-0.1, -0.05) is 31.2 Å². The molecule has 0 aliphatic carbocycles. The van der Waals surface area contributed by atoms with E-state index in [0.29, 0.717) is 12.1 Å². The van der Waals surface area contributed by atoms with Crippen molar-refractivity contribution >= 4 is 0 Å². The van der Waals surface area contributed by atoms with Gasteiger partial charge in [0, 0.05) is 12.6 Å². The van der Waals surface area contributed by atoms with E-state index in [1.807, 2.05) is 0 Å². The van der Waals surface area contributed by atoms with Gasteiger partial charge in [0.2, 0.25) is 0 Å². The Bertz CT molecular complexity index is 336. The fourth-order valence-electron chi connectivity index (χ4n) is 2.12. The van der Waals surface area contributed by atoms with Crippen LogP contribution in [0.1, 0.15) is 38.3 Å². The minimum atomic E-state index is 0.325. The maximum absolute atomic E-state index is 5.65. The summed E-state index contributed by atoms with van der Waals surface area (Å²) in [6.45, 7) is 10.4. The lowest BCUT2D eigenvalue weighted by atomic mass is 9.99. The average molecular weight is 249 g/mol. The van der Waals surface area contributed by atoms with Gasteiger partial charge in [-0.2, -0.15) is 0 Å². The SMILES string of the molecule is CCNC(CCOC(C)C)Cc1ccccc1C. The molecule has 1 atom stereocenters. The van der Waals surface area contributed by atoms with Crippen molar-refractivity contribution in [1.29, 1.82) is 0 Å². The van der Waals surface area contributed by atoms with E-state index in [2.05, 4.69) is 57.3 Å². The fourth-order valence-corrected chi connectivity index (χ4v) is 2.12. The Morgan fingerprint density at radius 1 is 1.22 bits per heavy atom. The van der Waals surface area contributed by atoms with E-state index in [-0.39, 0.29) is 0 Å². The fraction of sp³-hybridized carbons (Fsp3) is 0.625. The lowest BCUT2D eigenvalue weighted by molar-refractivity contribution is 0.0716. The van der Waals surface area contributed by atoms with Crippen LogP contribution >= 0.6 is 0 Å². The first-order chi connectivity index (χ1) is 8.63. The number of likely N-dealkylation sites (N-methyl/N-ethyl adjacent to an activating group) is 1. The molecule has 0 amide bonds. The Morgan fingerprint density at radius 2 is 1.94 bits per heavy atom. The van der Waals surface area contributed by atoms with Gasteiger partial charge in [-0.3, -0.25) is 0 Å². The second-order valence-corrected chi connectivity index (χ2v) is 5.09. The number of aryl methyl sites for hydroxylation is 1. The first kappa shape index (κ1) is 15.2. The second kappa shape index (κ2) is 8.28. The molecule has 1 unspecified atom stereocenters. The van der Waals surface area contributed by atoms with Gasteiger partial charge < -0.3 is 10.1 Å². The molecule has 2 nitrogen and oxygen atoms in total. The van der Waals surface area contributed by atoms with E-state index in [9.17, 15) is 0 Å². The Morgan fingerprint density at radius 3 is 2.56 bits per heavy atom. The maximum Gasteiger partial charge on any atom is 0.0518 e. The van der Waals surface area contributed by atoms with Gasteiger partial charge in [-0.15, -0.1) is 0 Å². The molecular formula is C16H27NO. The second-order valence-electron chi connectivity index (χ2n) is 5.09. The van der Waals surface area contributed by atoms with Crippen LogP contribution in [0.15, 0.2) is 24.3 Å². The third-order valence-corrected chi connectivity index (χ3v) is 3.14. The Balaban J connectivity index is 2.49. The average Bonchev–Trinajstić information content (AvgIpc) is 2.32. The van der Waals surface area contributed by atoms with Crippen molar-refractivity contribution in [1.82, 2.24) is 5.32 Å². The normalized spacial score (nSPS) is 12.9. The molecule has 0 fully saturated rings. The van der Waals surface area contributed by atoms with Crippen LogP contribution in [0, 0.1) is 6.92 Å². The summed E-state index contributed by atoms with van der Waals surface area (Å²) in [4.78, 5) is 0. The van der Waals surface area contributed by atoms with Gasteiger partial charge in [0.1, 0.15) is 0 Å². The summed E-state index contributed by atoms with van der Waals surface area (Å²) in [5.74, 6) is 0. The smallest absolute Gasteiger partial charge is 0.0518 e. The summed E-state index contributed by atoms with van der Waals surface area (Å²) >= 11 is 0. The molecule has 1 N–H and O–H groups in total. The first-order valence-electron chi connectivity index (χ1n) is 7.03. The summed E-state index contributed by atoms with van der Waals surface area (Å²) in [6.07, 6.45) is 2.48. The zero-order valence-electron chi connectivity index (χ0n) is 12.2. The van der Waals surface area contributed by atoms with Crippen LogP contribution in [-0.2, 0) is 11.2 Å². The summed E-state index contributed by atoms with van der Waals surface area (Å²) in [7, 11) is 0. The molecule has 1 rings (SSSR count). The van der Waals surface area contributed by atoms with Gasteiger partial charge >= 0.3 is 0 Å². The summed E-state index contributed by atoms with van der Waals surface area (Å²) < 4.78 is 5.65. The van der Waals surface area contributed by atoms with Crippen LogP contribution in [0.3, 0.4) is 0 Å². The molecule has 0 aromatic heterocycles. The molecule has 0 aliphatic heterocycles. The number of ether oxygens (including phenoxy) is 1. The minimum Gasteiger partial charge on any atom is -0.379 e. The largest absolute Gasteiger partial charge is 0.379 e. The highest BCUT2D eigenvalue weighted by Gasteiger charge is 2.10. The van der Waals surface area contributed by atoms with Crippen LogP contribution < -0.4 is 5.32 Å². The third-order valence-electron chi connectivity index (χ3n) is 3.14. The van der Waals surface area contributed by atoms with Crippen molar-refractivity contribution in [3.8, 4) is 0 Å². The molecule has 2 heteroatoms. The van der Waals surface area contributed by atoms with E-state index < -0.39 is 0 Å². The number of hydrogen-bond donors (Lipinski definition) is 1. The Hall–Kier alpha value is -0.860. The first-order valence-corrected chi connectivity index (χ1v) is 7.03. The van der Waals surface area contributed by atoms with E-state index in [1.54, 1.807) is 0 Å². The lowest BCUT2D eigenvalue weighted by Crippen LogP contribution is -2.32. The molecule has 1 aromatic carbocycles. The number of benzene rings is 1. The monoisotopic (exact) mass is 249 g/mol. The summed E-state index contributed by atoms with van der Waals surface area (Å²) in [5.41, 5.74) is 2.82. The van der Waals surface area contributed by atoms with E-state index in [1.165, 1.54) is 11.1 Å². The van der Waals surface area contributed by atoms with Gasteiger partial charge in [0.15, 0.2) is 0 Å². The molecule has 18 heavy (non-hydrogen) atoms. The number of nitrogens with one attached hydrogen (secondary N) is 1. The molecule has 0 heterocycles. The topological polar surface area (TPSA) is 21.3 Å². The molecule has 0 aliphatic rings. The predicted molar refractivity (Wildman–Crippen MR) is 78.1 cm³/mol. The third kappa shape index (κ3) is 5.65. The molecule has 0 radical (unpaired) electrons. The van der Waals surface area contributed by atoms with E-state index in [0.717, 1.165) is 26.0 Å². The molecule has 1 aromatic rings. The van der Waals surface area contributed by atoms with Crippen molar-refractivity contribution < 1.29 is 4.74 Å². The van der Waals surface area contributed by atoms with Crippen molar-refractivity contribution in [2.24, 2.45) is 0 Å². The van der Waals surface area contributed by atoms with Crippen molar-refractivity contribution in [3.63, 3.8) is 0 Å². The maximum atomic E-state index is 5.65. The number of rotatable bonds is 8. The van der Waals surface area contributed by atoms with Gasteiger partial charge in [0.05, 0.1) is 6.10 Å². The molecule has 0 spiro atoms. The standard InChI is InChI=1S/C16H27NO/c1-5-17-16(10-11-18-13(2)3)12-15-9-7-6-8-14(15)4/h6-9,13,16-17H,5,10-12H2,1-4H3. The highest BCUT2D eigenvalue weighted by atomic mass is 16.5. The molecular weight excluding hydrogens is 222 g/mol. The lowest BCUT2D eigenvalue weighted by Gasteiger charge is -2.19. The van der Waals surface area contributed by atoms with Gasteiger partial charge in [-0.25, -0.2) is 0 Å². The van der Waals surface area contributed by atoms with Crippen molar-refractivity contribution in [2.75, 3.05) is 13.2 Å². The van der Waals surface area contributed by atoms with Gasteiger partial charge in [0.25, 0.3) is 0 Å². The quantitative estimate of drug-likeness (QED) is 0.763. The highest BCUT2D eigenvalue weighted by Crippen LogP contribution is 2.11. The number of hydrogen-bond acceptors (Lipinski definition) is 2. The summed E-state index contributed by atoms with van der Waals surface area (Å²) in [6, 6.07) is 9.14. The van der Waals surface area contributed by atoms with E-state index >= 15 is 0 Å². The van der Waals surface area contributed by atoms with Crippen LogP contribution in [-0.4, -0.2) is 25.3 Å². The van der Waals surface area contributed by atoms with Crippen LogP contribution in [0.25, 0.3) is 0 Å². The van der Waals surface area contributed by atoms with E-state index in [4.69, 9.17) is 4.74 Å². The Kier molecular flexibility index (Phi) is 6.99. The van der Waals surface area contributed by atoms with Crippen molar-refractivity contribution in [3.05, 3.63) is 35.4 Å². The molecule has 0 saturated carbocycles. The minimum absolute atomic E-state index is 0.325. The zero-order valence-corrected chi connectivity index (χ0v) is 12.2. The Labute approximate surface area is 112 Å². The van der Waals surface area contributed by atoms with Crippen LogP contribution in [0.5, 0.6) is 0 Å².